The molecule has 0 bridgehead atoms. The monoisotopic (exact) mass is 513 g/mol. The average molecular weight is 514 g/mol. The molecule has 2 amide bonds. The smallest absolute Gasteiger partial charge is 0.415 e. The highest BCUT2D eigenvalue weighted by molar-refractivity contribution is 6.44. The number of benzene rings is 2. The highest BCUT2D eigenvalue weighted by atomic mass is 16.6. The lowest BCUT2D eigenvalue weighted by Crippen LogP contribution is -2.37. The van der Waals surface area contributed by atoms with Crippen LogP contribution in [0, 0.1) is 6.92 Å². The Hall–Kier alpha value is -4.92. The van der Waals surface area contributed by atoms with Gasteiger partial charge in [0.15, 0.2) is 0 Å². The zero-order chi connectivity index (χ0) is 27.2. The Balaban J connectivity index is 1.86. The molecule has 2 aromatic heterocycles. The molecule has 2 aromatic carbocycles. The number of fused-ring (bicyclic) bond motifs is 1. The van der Waals surface area contributed by atoms with E-state index in [0.29, 0.717) is 12.0 Å². The molecule has 0 fully saturated rings. The molecule has 2 heterocycles. The lowest BCUT2D eigenvalue weighted by Gasteiger charge is -2.22. The van der Waals surface area contributed by atoms with E-state index in [0.717, 1.165) is 21.7 Å². The van der Waals surface area contributed by atoms with Gasteiger partial charge in [-0.1, -0.05) is 60.7 Å². The summed E-state index contributed by atoms with van der Waals surface area (Å²) in [5.41, 5.74) is 8.94. The standard InChI is InChI=1S/C29H27N3O6/c1-19-23(16-20-10-5-3-6-11-20)31-15-9-14-22(26(31)25(19)27(34)28(30)35)32(17-24(33)37-2)29(36)38-18-21-12-7-4-8-13-21/h3-15H,16-18H2,1-2H3,(H2,30,35). The minimum absolute atomic E-state index is 0.0349. The number of hydrogen-bond donors (Lipinski definition) is 1. The van der Waals surface area contributed by atoms with Crippen LogP contribution in [0.4, 0.5) is 10.5 Å². The van der Waals surface area contributed by atoms with Gasteiger partial charge in [0.2, 0.25) is 0 Å². The minimum Gasteiger partial charge on any atom is -0.468 e. The van der Waals surface area contributed by atoms with Crippen molar-refractivity contribution < 1.29 is 28.7 Å². The van der Waals surface area contributed by atoms with E-state index >= 15 is 0 Å². The molecular weight excluding hydrogens is 486 g/mol. The number of methoxy groups -OCH3 is 1. The van der Waals surface area contributed by atoms with Gasteiger partial charge in [0, 0.05) is 18.3 Å². The van der Waals surface area contributed by atoms with Crippen molar-refractivity contribution in [1.82, 2.24) is 4.40 Å². The first-order chi connectivity index (χ1) is 18.3. The predicted molar refractivity (Wildman–Crippen MR) is 141 cm³/mol. The number of aromatic nitrogens is 1. The Kier molecular flexibility index (Phi) is 7.86. The maximum absolute atomic E-state index is 13.3. The molecule has 4 rings (SSSR count). The van der Waals surface area contributed by atoms with Gasteiger partial charge >= 0.3 is 12.1 Å². The Morgan fingerprint density at radius 2 is 1.53 bits per heavy atom. The van der Waals surface area contributed by atoms with Crippen molar-refractivity contribution in [2.45, 2.75) is 20.0 Å². The summed E-state index contributed by atoms with van der Waals surface area (Å²) in [4.78, 5) is 51.9. The third kappa shape index (κ3) is 5.41. The van der Waals surface area contributed by atoms with Gasteiger partial charge in [0.05, 0.1) is 23.9 Å². The summed E-state index contributed by atoms with van der Waals surface area (Å²) < 4.78 is 12.1. The molecule has 4 aromatic rings. The summed E-state index contributed by atoms with van der Waals surface area (Å²) in [5, 5.41) is 0. The van der Waals surface area contributed by atoms with Crippen molar-refractivity contribution in [2.24, 2.45) is 5.73 Å². The Morgan fingerprint density at radius 1 is 0.895 bits per heavy atom. The normalized spacial score (nSPS) is 10.7. The molecule has 0 saturated heterocycles. The van der Waals surface area contributed by atoms with Crippen LogP contribution in [0.2, 0.25) is 0 Å². The zero-order valence-corrected chi connectivity index (χ0v) is 21.0. The summed E-state index contributed by atoms with van der Waals surface area (Å²) in [5.74, 6) is -2.73. The second-order valence-corrected chi connectivity index (χ2v) is 8.62. The van der Waals surface area contributed by atoms with E-state index in [1.54, 1.807) is 41.8 Å². The molecule has 194 valence electrons. The highest BCUT2D eigenvalue weighted by Crippen LogP contribution is 2.33. The number of pyridine rings is 1. The Bertz CT molecular complexity index is 1500. The van der Waals surface area contributed by atoms with Gasteiger partial charge in [-0.25, -0.2) is 4.79 Å². The number of amides is 2. The third-order valence-electron chi connectivity index (χ3n) is 6.20. The van der Waals surface area contributed by atoms with E-state index in [4.69, 9.17) is 15.2 Å². The van der Waals surface area contributed by atoms with Crippen LogP contribution in [0.15, 0.2) is 79.0 Å². The van der Waals surface area contributed by atoms with E-state index in [1.807, 2.05) is 48.5 Å². The third-order valence-corrected chi connectivity index (χ3v) is 6.20. The molecule has 0 atom stereocenters. The second kappa shape index (κ2) is 11.4. The molecule has 0 aliphatic rings. The molecule has 0 spiro atoms. The fraction of sp³-hybridized carbons (Fsp3) is 0.172. The van der Waals surface area contributed by atoms with Crippen molar-refractivity contribution in [1.29, 1.82) is 0 Å². The number of primary amides is 1. The Labute approximate surface area is 219 Å². The summed E-state index contributed by atoms with van der Waals surface area (Å²) in [7, 11) is 1.21. The number of Topliss-reactive ketones (excluding diaryl/α,β-unsaturated/α-hetero) is 1. The van der Waals surface area contributed by atoms with Gasteiger partial charge in [-0.05, 0) is 35.7 Å². The number of carbonyl (C=O) groups is 4. The van der Waals surface area contributed by atoms with Crippen LogP contribution in [0.25, 0.3) is 5.52 Å². The molecule has 0 radical (unpaired) electrons. The maximum Gasteiger partial charge on any atom is 0.415 e. The van der Waals surface area contributed by atoms with Gasteiger partial charge in [0.25, 0.3) is 11.7 Å². The number of esters is 1. The number of hydrogen-bond acceptors (Lipinski definition) is 6. The van der Waals surface area contributed by atoms with Crippen LogP contribution in [0.1, 0.15) is 32.7 Å². The predicted octanol–water partition coefficient (Wildman–Crippen LogP) is 3.82. The van der Waals surface area contributed by atoms with E-state index in [2.05, 4.69) is 0 Å². The van der Waals surface area contributed by atoms with Crippen molar-refractivity contribution in [3.8, 4) is 0 Å². The molecule has 0 saturated carbocycles. The van der Waals surface area contributed by atoms with Gasteiger partial charge in [-0.2, -0.15) is 0 Å². The lowest BCUT2D eigenvalue weighted by molar-refractivity contribution is -0.138. The van der Waals surface area contributed by atoms with Crippen LogP contribution < -0.4 is 10.6 Å². The summed E-state index contributed by atoms with van der Waals surface area (Å²) in [6, 6.07) is 21.9. The fourth-order valence-electron chi connectivity index (χ4n) is 4.34. The number of nitrogens with two attached hydrogens (primary N) is 1. The van der Waals surface area contributed by atoms with Crippen molar-refractivity contribution in [3.05, 3.63) is 107 Å². The molecule has 38 heavy (non-hydrogen) atoms. The lowest BCUT2D eigenvalue weighted by atomic mass is 10.0. The van der Waals surface area contributed by atoms with Crippen LogP contribution in [-0.4, -0.2) is 41.8 Å². The number of rotatable bonds is 9. The number of ketones is 1. The zero-order valence-electron chi connectivity index (χ0n) is 21.0. The van der Waals surface area contributed by atoms with E-state index in [9.17, 15) is 19.2 Å². The van der Waals surface area contributed by atoms with Gasteiger partial charge in [-0.3, -0.25) is 19.3 Å². The molecule has 9 nitrogen and oxygen atoms in total. The first-order valence-corrected chi connectivity index (χ1v) is 11.9. The summed E-state index contributed by atoms with van der Waals surface area (Å²) in [6.07, 6.45) is 1.35. The summed E-state index contributed by atoms with van der Waals surface area (Å²) >= 11 is 0. The van der Waals surface area contributed by atoms with Gasteiger partial charge in [-0.15, -0.1) is 0 Å². The van der Waals surface area contributed by atoms with Crippen LogP contribution >= 0.6 is 0 Å². The van der Waals surface area contributed by atoms with Crippen LogP contribution in [0.3, 0.4) is 0 Å². The largest absolute Gasteiger partial charge is 0.468 e. The van der Waals surface area contributed by atoms with E-state index < -0.39 is 30.3 Å². The second-order valence-electron chi connectivity index (χ2n) is 8.62. The number of nitrogens with zero attached hydrogens (tertiary/aromatic N) is 2. The maximum atomic E-state index is 13.3. The molecule has 0 unspecified atom stereocenters. The minimum atomic E-state index is -1.13. The average Bonchev–Trinajstić information content (AvgIpc) is 3.21. The highest BCUT2D eigenvalue weighted by Gasteiger charge is 2.30. The van der Waals surface area contributed by atoms with Crippen molar-refractivity contribution in [3.63, 3.8) is 0 Å². The molecule has 2 N–H and O–H groups in total. The van der Waals surface area contributed by atoms with Gasteiger partial charge in [0.1, 0.15) is 13.2 Å². The number of carbonyl (C=O) groups excluding carboxylic acids is 4. The molecular formula is C29H27N3O6. The fourth-order valence-corrected chi connectivity index (χ4v) is 4.34. The first-order valence-electron chi connectivity index (χ1n) is 11.9. The SMILES string of the molecule is COC(=O)CN(C(=O)OCc1ccccc1)c1cccn2c(Cc3ccccc3)c(C)c(C(=O)C(N)=O)c12. The van der Waals surface area contributed by atoms with Crippen molar-refractivity contribution >= 4 is 35.0 Å². The topological polar surface area (TPSA) is 120 Å². The summed E-state index contributed by atoms with van der Waals surface area (Å²) in [6.45, 7) is 1.21. The molecule has 0 aliphatic heterocycles. The van der Waals surface area contributed by atoms with E-state index in [-0.39, 0.29) is 23.4 Å². The van der Waals surface area contributed by atoms with Crippen LogP contribution in [0.5, 0.6) is 0 Å². The molecule has 0 aliphatic carbocycles. The first kappa shape index (κ1) is 26.2. The van der Waals surface area contributed by atoms with E-state index in [1.165, 1.54) is 7.11 Å². The number of ether oxygens (including phenoxy) is 2. The quantitative estimate of drug-likeness (QED) is 0.206. The number of anilines is 1. The van der Waals surface area contributed by atoms with Crippen LogP contribution in [-0.2, 0) is 32.1 Å². The van der Waals surface area contributed by atoms with Gasteiger partial charge < -0.3 is 19.6 Å². The van der Waals surface area contributed by atoms with Crippen molar-refractivity contribution in [2.75, 3.05) is 18.6 Å². The molecule has 9 heteroatoms. The Morgan fingerprint density at radius 3 is 2.13 bits per heavy atom.